The number of aliphatic hydroxyl groups is 1. The molecule has 0 amide bonds. The standard InChI is InChI=1S/C12H12F2N2O2/c1-18-10-4-2-3-9(5-10)16-11(12(13)14)8(7-17)6-15-16/h2-6,12,17H,7H2,1H3. The van der Waals surface area contributed by atoms with Crippen molar-refractivity contribution in [3.8, 4) is 11.4 Å². The van der Waals surface area contributed by atoms with Crippen LogP contribution in [0.25, 0.3) is 5.69 Å². The van der Waals surface area contributed by atoms with Crippen LogP contribution in [-0.4, -0.2) is 22.0 Å². The largest absolute Gasteiger partial charge is 0.497 e. The van der Waals surface area contributed by atoms with Gasteiger partial charge in [-0.05, 0) is 12.1 Å². The van der Waals surface area contributed by atoms with E-state index in [1.807, 2.05) is 0 Å². The van der Waals surface area contributed by atoms with Crippen LogP contribution in [0.4, 0.5) is 8.78 Å². The summed E-state index contributed by atoms with van der Waals surface area (Å²) in [6.07, 6.45) is -1.47. The summed E-state index contributed by atoms with van der Waals surface area (Å²) >= 11 is 0. The van der Waals surface area contributed by atoms with Gasteiger partial charge in [0.05, 0.1) is 25.6 Å². The summed E-state index contributed by atoms with van der Waals surface area (Å²) in [5, 5.41) is 12.9. The topological polar surface area (TPSA) is 47.3 Å². The van der Waals surface area contributed by atoms with Crippen molar-refractivity contribution in [1.82, 2.24) is 9.78 Å². The Balaban J connectivity index is 2.52. The van der Waals surface area contributed by atoms with Gasteiger partial charge in [-0.25, -0.2) is 13.5 Å². The average molecular weight is 254 g/mol. The molecule has 0 saturated carbocycles. The van der Waals surface area contributed by atoms with E-state index < -0.39 is 13.0 Å². The van der Waals surface area contributed by atoms with E-state index in [4.69, 9.17) is 9.84 Å². The lowest BCUT2D eigenvalue weighted by molar-refractivity contribution is 0.138. The van der Waals surface area contributed by atoms with Gasteiger partial charge in [0.2, 0.25) is 0 Å². The summed E-state index contributed by atoms with van der Waals surface area (Å²) in [6.45, 7) is -0.469. The van der Waals surface area contributed by atoms with Crippen molar-refractivity contribution in [2.24, 2.45) is 0 Å². The first-order valence-electron chi connectivity index (χ1n) is 5.27. The summed E-state index contributed by atoms with van der Waals surface area (Å²) in [6, 6.07) is 6.63. The molecule has 0 aliphatic rings. The van der Waals surface area contributed by atoms with E-state index in [-0.39, 0.29) is 11.3 Å². The molecule has 1 aromatic carbocycles. The predicted octanol–water partition coefficient (Wildman–Crippen LogP) is 2.31. The monoisotopic (exact) mass is 254 g/mol. The van der Waals surface area contributed by atoms with Crippen molar-refractivity contribution < 1.29 is 18.6 Å². The average Bonchev–Trinajstić information content (AvgIpc) is 2.82. The fourth-order valence-electron chi connectivity index (χ4n) is 1.69. The third-order valence-electron chi connectivity index (χ3n) is 2.56. The van der Waals surface area contributed by atoms with E-state index in [9.17, 15) is 8.78 Å². The van der Waals surface area contributed by atoms with Gasteiger partial charge in [0, 0.05) is 11.6 Å². The molecule has 0 bridgehead atoms. The van der Waals surface area contributed by atoms with Crippen LogP contribution >= 0.6 is 0 Å². The number of ether oxygens (including phenoxy) is 1. The smallest absolute Gasteiger partial charge is 0.280 e. The molecule has 0 atom stereocenters. The maximum atomic E-state index is 13.0. The number of rotatable bonds is 4. The number of hydrogen-bond acceptors (Lipinski definition) is 3. The lowest BCUT2D eigenvalue weighted by Gasteiger charge is -2.09. The Kier molecular flexibility index (Phi) is 3.57. The molecule has 96 valence electrons. The zero-order valence-corrected chi connectivity index (χ0v) is 9.68. The maximum absolute atomic E-state index is 13.0. The van der Waals surface area contributed by atoms with Crippen LogP contribution in [0.1, 0.15) is 17.7 Å². The van der Waals surface area contributed by atoms with Gasteiger partial charge in [-0.2, -0.15) is 5.10 Å². The first kappa shape index (κ1) is 12.5. The Morgan fingerprint density at radius 2 is 2.22 bits per heavy atom. The van der Waals surface area contributed by atoms with Gasteiger partial charge in [-0.1, -0.05) is 6.07 Å². The van der Waals surface area contributed by atoms with E-state index in [0.717, 1.165) is 4.68 Å². The number of alkyl halides is 2. The van der Waals surface area contributed by atoms with Crippen molar-refractivity contribution in [2.75, 3.05) is 7.11 Å². The van der Waals surface area contributed by atoms with Crippen LogP contribution in [0, 0.1) is 0 Å². The van der Waals surface area contributed by atoms with E-state index in [1.165, 1.54) is 13.3 Å². The summed E-state index contributed by atoms with van der Waals surface area (Å²) in [5.74, 6) is 0.550. The predicted molar refractivity (Wildman–Crippen MR) is 61.0 cm³/mol. The van der Waals surface area contributed by atoms with Gasteiger partial charge in [-0.15, -0.1) is 0 Å². The highest BCUT2D eigenvalue weighted by atomic mass is 19.3. The van der Waals surface area contributed by atoms with E-state index >= 15 is 0 Å². The zero-order valence-electron chi connectivity index (χ0n) is 9.68. The second-order valence-electron chi connectivity index (χ2n) is 3.63. The van der Waals surface area contributed by atoms with Gasteiger partial charge in [0.1, 0.15) is 11.4 Å². The van der Waals surface area contributed by atoms with Gasteiger partial charge < -0.3 is 9.84 Å². The fourth-order valence-corrected chi connectivity index (χ4v) is 1.69. The van der Waals surface area contributed by atoms with E-state index in [1.54, 1.807) is 24.3 Å². The molecule has 0 aliphatic heterocycles. The van der Waals surface area contributed by atoms with Crippen LogP contribution < -0.4 is 4.74 Å². The molecule has 2 rings (SSSR count). The van der Waals surface area contributed by atoms with Gasteiger partial charge in [-0.3, -0.25) is 0 Å². The van der Waals surface area contributed by atoms with Crippen molar-refractivity contribution in [1.29, 1.82) is 0 Å². The van der Waals surface area contributed by atoms with Crippen LogP contribution in [-0.2, 0) is 6.61 Å². The van der Waals surface area contributed by atoms with Gasteiger partial charge in [0.25, 0.3) is 6.43 Å². The Labute approximate surface area is 102 Å². The maximum Gasteiger partial charge on any atom is 0.280 e. The van der Waals surface area contributed by atoms with Crippen molar-refractivity contribution in [2.45, 2.75) is 13.0 Å². The Morgan fingerprint density at radius 1 is 1.44 bits per heavy atom. The molecule has 0 spiro atoms. The van der Waals surface area contributed by atoms with Gasteiger partial charge in [0.15, 0.2) is 0 Å². The second-order valence-corrected chi connectivity index (χ2v) is 3.63. The number of hydrogen-bond donors (Lipinski definition) is 1. The zero-order chi connectivity index (χ0) is 13.1. The van der Waals surface area contributed by atoms with E-state index in [0.29, 0.717) is 11.4 Å². The number of aromatic nitrogens is 2. The third kappa shape index (κ3) is 2.19. The summed E-state index contributed by atoms with van der Waals surface area (Å²) in [4.78, 5) is 0. The molecule has 0 radical (unpaired) electrons. The minimum absolute atomic E-state index is 0.118. The lowest BCUT2D eigenvalue weighted by atomic mass is 10.2. The highest BCUT2D eigenvalue weighted by molar-refractivity contribution is 5.41. The molecule has 18 heavy (non-hydrogen) atoms. The van der Waals surface area contributed by atoms with Crippen LogP contribution in [0.5, 0.6) is 5.75 Å². The minimum atomic E-state index is -2.71. The van der Waals surface area contributed by atoms with E-state index in [2.05, 4.69) is 5.10 Å². The molecule has 0 unspecified atom stereocenters. The summed E-state index contributed by atoms with van der Waals surface area (Å²) < 4.78 is 32.1. The van der Waals surface area contributed by atoms with Crippen LogP contribution in [0.2, 0.25) is 0 Å². The minimum Gasteiger partial charge on any atom is -0.497 e. The molecule has 0 fully saturated rings. The molecule has 0 aliphatic carbocycles. The number of methoxy groups -OCH3 is 1. The lowest BCUT2D eigenvalue weighted by Crippen LogP contribution is -2.04. The summed E-state index contributed by atoms with van der Waals surface area (Å²) in [7, 11) is 1.50. The number of nitrogens with zero attached hydrogens (tertiary/aromatic N) is 2. The SMILES string of the molecule is COc1cccc(-n2ncc(CO)c2C(F)F)c1. The van der Waals surface area contributed by atoms with Gasteiger partial charge >= 0.3 is 0 Å². The molecule has 1 N–H and O–H groups in total. The third-order valence-corrected chi connectivity index (χ3v) is 2.56. The molecule has 4 nitrogen and oxygen atoms in total. The second kappa shape index (κ2) is 5.14. The Hall–Kier alpha value is -1.95. The highest BCUT2D eigenvalue weighted by Crippen LogP contribution is 2.27. The fraction of sp³-hybridized carbons (Fsp3) is 0.250. The molecular formula is C12H12F2N2O2. The first-order chi connectivity index (χ1) is 8.67. The quantitative estimate of drug-likeness (QED) is 0.910. The summed E-state index contributed by atoms with van der Waals surface area (Å²) in [5.41, 5.74) is 0.280. The van der Waals surface area contributed by atoms with Crippen molar-refractivity contribution in [3.63, 3.8) is 0 Å². The molecule has 2 aromatic rings. The normalized spacial score (nSPS) is 10.9. The van der Waals surface area contributed by atoms with Crippen molar-refractivity contribution >= 4 is 0 Å². The molecule has 1 aromatic heterocycles. The van der Waals surface area contributed by atoms with Crippen LogP contribution in [0.3, 0.4) is 0 Å². The van der Waals surface area contributed by atoms with Crippen LogP contribution in [0.15, 0.2) is 30.5 Å². The number of halogens is 2. The Morgan fingerprint density at radius 3 is 2.83 bits per heavy atom. The number of benzene rings is 1. The highest BCUT2D eigenvalue weighted by Gasteiger charge is 2.20. The molecule has 6 heteroatoms. The molecular weight excluding hydrogens is 242 g/mol. The number of aliphatic hydroxyl groups excluding tert-OH is 1. The molecule has 1 heterocycles. The first-order valence-corrected chi connectivity index (χ1v) is 5.27. The van der Waals surface area contributed by atoms with Crippen molar-refractivity contribution in [3.05, 3.63) is 41.7 Å². The molecule has 0 saturated heterocycles. The Bertz CT molecular complexity index is 541.